The van der Waals surface area contributed by atoms with Crippen LogP contribution in [0.2, 0.25) is 0 Å². The number of rotatable bonds is 0. The lowest BCUT2D eigenvalue weighted by Crippen LogP contribution is -2.36. The number of anilines is 1. The van der Waals surface area contributed by atoms with E-state index in [1.165, 1.54) is 16.7 Å². The Morgan fingerprint density at radius 3 is 0.917 bits per heavy atom. The number of nitrogen functional groups attached to an aromatic ring is 1. The fourth-order valence-corrected chi connectivity index (χ4v) is 16.5. The van der Waals surface area contributed by atoms with Gasteiger partial charge < -0.3 is 42.3 Å². The lowest BCUT2D eigenvalue weighted by molar-refractivity contribution is 0.379. The molecule has 782 valence electrons. The number of fused-ring (bicyclic) bond motifs is 6. The van der Waals surface area contributed by atoms with Crippen LogP contribution in [0.3, 0.4) is 0 Å². The quantitative estimate of drug-likeness (QED) is 0.143. The molecule has 13 heterocycles. The second-order valence-corrected chi connectivity index (χ2v) is 54.5. The first-order chi connectivity index (χ1) is 64.9. The van der Waals surface area contributed by atoms with Gasteiger partial charge in [-0.1, -0.05) is 197 Å². The van der Waals surface area contributed by atoms with Crippen molar-refractivity contribution in [2.45, 2.75) is 420 Å². The average molecular weight is 1970 g/mol. The summed E-state index contributed by atoms with van der Waals surface area (Å²) in [6.45, 7) is 101. The summed E-state index contributed by atoms with van der Waals surface area (Å²) in [6, 6.07) is 24.6. The molecule has 0 radical (unpaired) electrons. The van der Waals surface area contributed by atoms with Gasteiger partial charge in [-0.3, -0.25) is 63.4 Å². The van der Waals surface area contributed by atoms with Crippen molar-refractivity contribution in [3.05, 3.63) is 299 Å². The van der Waals surface area contributed by atoms with Crippen molar-refractivity contribution in [1.82, 2.24) is 66.7 Å². The van der Waals surface area contributed by atoms with Crippen LogP contribution in [-0.4, -0.2) is 66.7 Å². The molecule has 3 N–H and O–H groups in total. The van der Waals surface area contributed by atoms with Crippen molar-refractivity contribution in [3.8, 4) is 0 Å². The molecule has 14 aromatic rings. The molecule has 23 nitrogen and oxygen atoms in total. The van der Waals surface area contributed by atoms with Crippen LogP contribution in [0.25, 0.3) is 65.0 Å². The van der Waals surface area contributed by atoms with Crippen LogP contribution in [0.5, 0.6) is 0 Å². The van der Waals surface area contributed by atoms with Gasteiger partial charge in [-0.25, -0.2) is 0 Å². The second kappa shape index (κ2) is 42.2. The van der Waals surface area contributed by atoms with E-state index in [1.807, 2.05) is 280 Å². The van der Waals surface area contributed by atoms with E-state index < -0.39 is 0 Å². The van der Waals surface area contributed by atoms with Gasteiger partial charge in [0, 0.05) is 159 Å². The summed E-state index contributed by atoms with van der Waals surface area (Å²) in [4.78, 5) is 116. The van der Waals surface area contributed by atoms with E-state index in [9.17, 15) is 38.4 Å². The molecule has 1 aromatic carbocycles. The first-order valence-corrected chi connectivity index (χ1v) is 50.4. The SMILES string of the molecule is CC(C)(C)c1cc(N)c(=O)n(C(C)(C)C)c1.CC(C)(C)c1ccc(=O)n(C(C)(C)C)c1.CC(C)(C)c1cn(C(C)(C)C)c(=O)c2ccccc12.CC(C)(C)c1cn(C(C)(C)C)c(=O)c2cccnc12.CC(C)(C)c1cn(C(C)(C)C)c(=O)c2ccncc12.CC(C)(C)c1cn(C(C)(C)C)c(=O)c2cn[nH]c12.CC(C)(C)c1cn(C(C)(C)C)c(=O)c2cnccc12.CC(C)(C)c1cn(C(C)(C)C)c(=O)c2ncccc12. The molecule has 0 atom stereocenters. The van der Waals surface area contributed by atoms with Gasteiger partial charge in [0.2, 0.25) is 0 Å². The molecule has 14 rings (SSSR count). The first kappa shape index (κ1) is 119. The molecule has 0 aliphatic heterocycles. The van der Waals surface area contributed by atoms with Crippen LogP contribution < -0.4 is 50.2 Å². The number of nitrogens with zero attached hydrogens (tertiary/aromatic N) is 13. The van der Waals surface area contributed by atoms with E-state index in [0.717, 1.165) is 71.2 Å². The zero-order valence-corrected chi connectivity index (χ0v) is 96.8. The molecule has 13 aromatic heterocycles. The van der Waals surface area contributed by atoms with Crippen LogP contribution in [0.15, 0.2) is 210 Å². The Kier molecular flexibility index (Phi) is 34.9. The van der Waals surface area contributed by atoms with Crippen molar-refractivity contribution in [3.63, 3.8) is 0 Å². The summed E-state index contributed by atoms with van der Waals surface area (Å²) in [5.41, 5.74) is 15.9. The fourth-order valence-electron chi connectivity index (χ4n) is 16.5. The lowest BCUT2D eigenvalue weighted by Gasteiger charge is -2.28. The maximum Gasteiger partial charge on any atom is 0.277 e. The van der Waals surface area contributed by atoms with Crippen molar-refractivity contribution in [2.24, 2.45) is 0 Å². The second-order valence-electron chi connectivity index (χ2n) is 54.5. The number of hydrogen-bond donors (Lipinski definition) is 2. The highest BCUT2D eigenvalue weighted by Crippen LogP contribution is 2.38. The molecular weight excluding hydrogens is 1790 g/mol. The Balaban J connectivity index is 0.000000224. The number of hydrogen-bond acceptors (Lipinski definition) is 14. The first-order valence-electron chi connectivity index (χ1n) is 50.4. The third-order valence-electron chi connectivity index (χ3n) is 25.0. The van der Waals surface area contributed by atoms with Gasteiger partial charge in [0.25, 0.3) is 44.5 Å². The monoisotopic (exact) mass is 1970 g/mol. The normalized spacial score (nSPS) is 13.0. The molecule has 0 spiro atoms. The van der Waals surface area contributed by atoms with Crippen LogP contribution in [0.1, 0.15) is 377 Å². The Hall–Kier alpha value is -12.0. The number of aromatic amines is 1. The molecule has 0 bridgehead atoms. The lowest BCUT2D eigenvalue weighted by atomic mass is 9.84. The predicted molar refractivity (Wildman–Crippen MR) is 608 cm³/mol. The van der Waals surface area contributed by atoms with Crippen molar-refractivity contribution in [1.29, 1.82) is 0 Å². The summed E-state index contributed by atoms with van der Waals surface area (Å²) in [5, 5.41) is 14.6. The minimum atomic E-state index is -0.247. The maximum absolute atomic E-state index is 12.6. The van der Waals surface area contributed by atoms with Gasteiger partial charge in [0.15, 0.2) is 0 Å². The summed E-state index contributed by atoms with van der Waals surface area (Å²) >= 11 is 0. The van der Waals surface area contributed by atoms with E-state index in [0.29, 0.717) is 27.4 Å². The van der Waals surface area contributed by atoms with Gasteiger partial charge in [-0.15, -0.1) is 0 Å². The molecule has 0 amide bonds. The van der Waals surface area contributed by atoms with Gasteiger partial charge in [0.1, 0.15) is 5.52 Å². The van der Waals surface area contributed by atoms with E-state index in [4.69, 9.17) is 5.73 Å². The number of nitrogens with one attached hydrogen (secondary N) is 1. The van der Waals surface area contributed by atoms with E-state index in [2.05, 4.69) is 217 Å². The molecular formula is C121H175N15O8. The van der Waals surface area contributed by atoms with Gasteiger partial charge >= 0.3 is 0 Å². The van der Waals surface area contributed by atoms with E-state index in [1.54, 1.807) is 73.8 Å². The van der Waals surface area contributed by atoms with E-state index in [-0.39, 0.29) is 132 Å². The van der Waals surface area contributed by atoms with Gasteiger partial charge in [0.05, 0.1) is 44.5 Å². The minimum absolute atomic E-state index is 0.00514. The maximum atomic E-state index is 12.6. The summed E-state index contributed by atoms with van der Waals surface area (Å²) in [6.07, 6.45) is 27.8. The van der Waals surface area contributed by atoms with Crippen molar-refractivity contribution in [2.75, 3.05) is 5.73 Å². The van der Waals surface area contributed by atoms with Gasteiger partial charge in [-0.2, -0.15) is 5.10 Å². The number of nitrogens with two attached hydrogens (primary N) is 1. The van der Waals surface area contributed by atoms with E-state index >= 15 is 0 Å². The number of aromatic nitrogens is 14. The summed E-state index contributed by atoms with van der Waals surface area (Å²) in [7, 11) is 0. The Morgan fingerprint density at radius 2 is 0.521 bits per heavy atom. The molecule has 0 saturated carbocycles. The summed E-state index contributed by atoms with van der Waals surface area (Å²) < 4.78 is 14.4. The predicted octanol–water partition coefficient (Wildman–Crippen LogP) is 26.0. The molecule has 0 unspecified atom stereocenters. The van der Waals surface area contributed by atoms with Crippen LogP contribution in [-0.2, 0) is 87.6 Å². The standard InChI is InChI=1S/C17H23NO.4C16H22N2O.C14H21N3O.C13H22N2O.C13H21NO/c1-16(2,3)14-11-18(17(4,5)6)15(19)13-10-8-7-9-12(13)14;1-15(2,3)13-10-18(16(4,5)6)14(19)11-7-8-17-9-12(11)13;1-15(2,3)13-10-18(16(4,5)6)14(19)12-9-17-8-7-11(12)13;1-15(2,3)12-10-18(16(4,5)6)14(19)11-8-7-9-17-13(11)12;1-15(2,3)12-10-18(16(4,5)6)14(19)13-11(12)8-7-9-17-13;1-13(2,3)10-8-17(14(4,5)6)12(18)9-7-15-16-11(9)10;1-12(2,3)9-7-10(14)11(16)15(8-9)13(4,5)6;1-12(2,3)10-7-8-11(15)14(9-10)13(4,5)6/h7-11H,1-6H3;4*7-10H,1-6H3;7-8H,1-6H3,(H,15,16);7-8H,14H2,1-6H3;7-9H,1-6H3. The third-order valence-corrected chi connectivity index (χ3v) is 25.0. The molecule has 0 aliphatic carbocycles. The third kappa shape index (κ3) is 28.8. The fraction of sp³-hybridized carbons (Fsp3) is 0.529. The largest absolute Gasteiger partial charge is 0.394 e. The summed E-state index contributed by atoms with van der Waals surface area (Å²) in [5.74, 6) is 0. The molecule has 0 aliphatic rings. The van der Waals surface area contributed by atoms with Crippen molar-refractivity contribution >= 4 is 70.7 Å². The van der Waals surface area contributed by atoms with Gasteiger partial charge in [-0.05, 0) is 302 Å². The molecule has 144 heavy (non-hydrogen) atoms. The Morgan fingerprint density at radius 1 is 0.229 bits per heavy atom. The number of H-pyrrole nitrogens is 1. The number of benzene rings is 1. The molecule has 23 heteroatoms. The van der Waals surface area contributed by atoms with Crippen molar-refractivity contribution < 1.29 is 0 Å². The zero-order valence-electron chi connectivity index (χ0n) is 96.8. The van der Waals surface area contributed by atoms with Crippen LogP contribution in [0, 0.1) is 0 Å². The Bertz CT molecular complexity index is 6780. The highest BCUT2D eigenvalue weighted by Gasteiger charge is 2.33. The highest BCUT2D eigenvalue weighted by molar-refractivity contribution is 5.88. The highest BCUT2D eigenvalue weighted by atomic mass is 16.2. The van der Waals surface area contributed by atoms with Crippen LogP contribution >= 0.6 is 0 Å². The topological polar surface area (TPSA) is 282 Å². The smallest absolute Gasteiger partial charge is 0.277 e. The minimum Gasteiger partial charge on any atom is -0.394 e. The molecule has 0 saturated heterocycles. The molecule has 0 fully saturated rings. The Labute approximate surface area is 857 Å². The zero-order chi connectivity index (χ0) is 110. The number of pyridine rings is 12. The average Bonchev–Trinajstić information content (AvgIpc) is 1.21. The van der Waals surface area contributed by atoms with Crippen LogP contribution in [0.4, 0.5) is 5.69 Å².